The van der Waals surface area contributed by atoms with Gasteiger partial charge >= 0.3 is 0 Å². The Morgan fingerprint density at radius 2 is 2.14 bits per heavy atom. The van der Waals surface area contributed by atoms with Gasteiger partial charge < -0.3 is 9.64 Å². The van der Waals surface area contributed by atoms with Crippen molar-refractivity contribution in [3.63, 3.8) is 0 Å². The fourth-order valence-electron chi connectivity index (χ4n) is 2.84. The first-order valence-corrected chi connectivity index (χ1v) is 7.31. The molecule has 0 N–H and O–H groups in total. The molecule has 6 heteroatoms. The van der Waals surface area contributed by atoms with Crippen LogP contribution in [-0.2, 0) is 13.0 Å². The lowest BCUT2D eigenvalue weighted by atomic mass is 9.98. The first-order valence-electron chi connectivity index (χ1n) is 6.94. The van der Waals surface area contributed by atoms with Crippen molar-refractivity contribution < 1.29 is 9.66 Å². The van der Waals surface area contributed by atoms with Gasteiger partial charge in [0.25, 0.3) is 5.69 Å². The van der Waals surface area contributed by atoms with E-state index in [0.29, 0.717) is 11.6 Å². The molecule has 0 unspecified atom stereocenters. The third kappa shape index (κ3) is 2.60. The van der Waals surface area contributed by atoms with Crippen LogP contribution in [0.2, 0.25) is 5.02 Å². The Morgan fingerprint density at radius 1 is 1.32 bits per heavy atom. The second-order valence-corrected chi connectivity index (χ2v) is 5.57. The van der Waals surface area contributed by atoms with Gasteiger partial charge in [0.15, 0.2) is 0 Å². The van der Waals surface area contributed by atoms with Gasteiger partial charge in [0, 0.05) is 30.8 Å². The molecule has 0 radical (unpaired) electrons. The van der Waals surface area contributed by atoms with Crippen molar-refractivity contribution in [1.29, 1.82) is 0 Å². The first-order chi connectivity index (χ1) is 10.6. The summed E-state index contributed by atoms with van der Waals surface area (Å²) in [4.78, 5) is 12.5. The molecule has 0 fully saturated rings. The van der Waals surface area contributed by atoms with E-state index in [2.05, 4.69) is 11.0 Å². The molecule has 1 aliphatic rings. The maximum atomic E-state index is 10.8. The normalized spacial score (nSPS) is 13.6. The largest absolute Gasteiger partial charge is 0.496 e. The van der Waals surface area contributed by atoms with Crippen LogP contribution in [0.3, 0.4) is 0 Å². The smallest absolute Gasteiger partial charge is 0.271 e. The number of fused-ring (bicyclic) bond motifs is 1. The topological polar surface area (TPSA) is 55.6 Å². The van der Waals surface area contributed by atoms with Crippen molar-refractivity contribution in [2.75, 3.05) is 18.6 Å². The maximum Gasteiger partial charge on any atom is 0.271 e. The molecule has 0 atom stereocenters. The van der Waals surface area contributed by atoms with Crippen LogP contribution in [-0.4, -0.2) is 18.6 Å². The number of anilines is 1. The van der Waals surface area contributed by atoms with Crippen LogP contribution in [0.1, 0.15) is 11.1 Å². The van der Waals surface area contributed by atoms with Gasteiger partial charge in [-0.3, -0.25) is 10.1 Å². The van der Waals surface area contributed by atoms with Gasteiger partial charge in [-0.25, -0.2) is 0 Å². The zero-order valence-corrected chi connectivity index (χ0v) is 12.8. The maximum absolute atomic E-state index is 10.8. The van der Waals surface area contributed by atoms with Crippen LogP contribution in [0.4, 0.5) is 11.4 Å². The highest BCUT2D eigenvalue weighted by Gasteiger charge is 2.22. The monoisotopic (exact) mass is 318 g/mol. The van der Waals surface area contributed by atoms with Gasteiger partial charge in [-0.1, -0.05) is 23.7 Å². The second-order valence-electron chi connectivity index (χ2n) is 5.16. The molecule has 0 aliphatic carbocycles. The lowest BCUT2D eigenvalue weighted by Gasteiger charge is -2.32. The summed E-state index contributed by atoms with van der Waals surface area (Å²) < 4.78 is 5.40. The first kappa shape index (κ1) is 14.7. The lowest BCUT2D eigenvalue weighted by molar-refractivity contribution is -0.384. The van der Waals surface area contributed by atoms with E-state index in [-0.39, 0.29) is 5.69 Å². The summed E-state index contributed by atoms with van der Waals surface area (Å²) in [5, 5.41) is 11.2. The van der Waals surface area contributed by atoms with E-state index in [1.807, 2.05) is 12.1 Å². The van der Waals surface area contributed by atoms with Crippen LogP contribution in [0.15, 0.2) is 36.4 Å². The fraction of sp³-hybridized carbons (Fsp3) is 0.250. The summed E-state index contributed by atoms with van der Waals surface area (Å²) >= 11 is 6.22. The molecule has 0 amide bonds. The summed E-state index contributed by atoms with van der Waals surface area (Å²) in [5.74, 6) is 0.909. The minimum Gasteiger partial charge on any atom is -0.496 e. The zero-order valence-electron chi connectivity index (χ0n) is 12.1. The number of benzene rings is 2. The van der Waals surface area contributed by atoms with E-state index < -0.39 is 4.92 Å². The van der Waals surface area contributed by atoms with Crippen LogP contribution >= 0.6 is 11.6 Å². The van der Waals surface area contributed by atoms with Crippen molar-refractivity contribution >= 4 is 23.0 Å². The zero-order chi connectivity index (χ0) is 15.7. The van der Waals surface area contributed by atoms with Crippen LogP contribution < -0.4 is 9.64 Å². The number of hydrogen-bond acceptors (Lipinski definition) is 4. The van der Waals surface area contributed by atoms with Gasteiger partial charge in [0.2, 0.25) is 0 Å². The Labute approximate surface area is 133 Å². The summed E-state index contributed by atoms with van der Waals surface area (Å²) in [6.07, 6.45) is 0.854. The van der Waals surface area contributed by atoms with Crippen molar-refractivity contribution in [2.45, 2.75) is 13.0 Å². The third-order valence-electron chi connectivity index (χ3n) is 3.93. The number of non-ortho nitro benzene ring substituents is 1. The van der Waals surface area contributed by atoms with Gasteiger partial charge in [0.05, 0.1) is 22.7 Å². The number of ether oxygens (including phenoxy) is 1. The number of halogens is 1. The van der Waals surface area contributed by atoms with Crippen molar-refractivity contribution in [3.8, 4) is 5.75 Å². The van der Waals surface area contributed by atoms with Gasteiger partial charge in [-0.05, 0) is 24.1 Å². The summed E-state index contributed by atoms with van der Waals surface area (Å²) in [6.45, 7) is 1.51. The minimum atomic E-state index is -0.438. The Balaban J connectivity index is 1.90. The molecule has 3 rings (SSSR count). The second kappa shape index (κ2) is 5.85. The molecule has 22 heavy (non-hydrogen) atoms. The molecule has 2 aromatic carbocycles. The molecule has 1 aliphatic heterocycles. The Morgan fingerprint density at radius 3 is 2.82 bits per heavy atom. The predicted octanol–water partition coefficient (Wildman–Crippen LogP) is 3.82. The average molecular weight is 319 g/mol. The Kier molecular flexibility index (Phi) is 3.90. The molecule has 0 aromatic heterocycles. The van der Waals surface area contributed by atoms with E-state index in [9.17, 15) is 10.1 Å². The molecule has 114 valence electrons. The SMILES string of the molecule is COc1cccc2c1CCN(c1ccc([N+](=O)[O-])cc1Cl)C2. The number of hydrogen-bond donors (Lipinski definition) is 0. The van der Waals surface area contributed by atoms with Crippen LogP contribution in [0.25, 0.3) is 0 Å². The number of methoxy groups -OCH3 is 1. The molecular formula is C16H15ClN2O3. The molecule has 1 heterocycles. The highest BCUT2D eigenvalue weighted by atomic mass is 35.5. The standard InChI is InChI=1S/C16H15ClN2O3/c1-22-16-4-2-3-11-10-18(8-7-13(11)16)15-6-5-12(19(20)21)9-14(15)17/h2-6,9H,7-8,10H2,1H3. The number of rotatable bonds is 3. The summed E-state index contributed by atoms with van der Waals surface area (Å²) in [7, 11) is 1.68. The summed E-state index contributed by atoms with van der Waals surface area (Å²) in [5.41, 5.74) is 3.24. The van der Waals surface area contributed by atoms with Gasteiger partial charge in [-0.15, -0.1) is 0 Å². The van der Waals surface area contributed by atoms with Crippen LogP contribution in [0, 0.1) is 10.1 Å². The summed E-state index contributed by atoms with van der Waals surface area (Å²) in [6, 6.07) is 10.6. The number of nitro benzene ring substituents is 1. The van der Waals surface area contributed by atoms with E-state index in [1.165, 1.54) is 23.3 Å². The van der Waals surface area contributed by atoms with Gasteiger partial charge in [0.1, 0.15) is 5.75 Å². The molecule has 2 aromatic rings. The fourth-order valence-corrected chi connectivity index (χ4v) is 3.13. The molecule has 0 spiro atoms. The molecular weight excluding hydrogens is 304 g/mol. The lowest BCUT2D eigenvalue weighted by Crippen LogP contribution is -2.30. The number of nitrogens with zero attached hydrogens (tertiary/aromatic N) is 2. The van der Waals surface area contributed by atoms with E-state index >= 15 is 0 Å². The minimum absolute atomic E-state index is 0.00725. The van der Waals surface area contributed by atoms with Crippen LogP contribution in [0.5, 0.6) is 5.75 Å². The predicted molar refractivity (Wildman–Crippen MR) is 85.9 cm³/mol. The van der Waals surface area contributed by atoms with Crippen molar-refractivity contribution in [3.05, 3.63) is 62.7 Å². The molecule has 0 saturated carbocycles. The quantitative estimate of drug-likeness (QED) is 0.637. The van der Waals surface area contributed by atoms with Crippen molar-refractivity contribution in [2.24, 2.45) is 0 Å². The molecule has 0 bridgehead atoms. The third-order valence-corrected chi connectivity index (χ3v) is 4.23. The average Bonchev–Trinajstić information content (AvgIpc) is 2.53. The number of nitro groups is 1. The highest BCUT2D eigenvalue weighted by molar-refractivity contribution is 6.33. The molecule has 5 nitrogen and oxygen atoms in total. The van der Waals surface area contributed by atoms with Gasteiger partial charge in [-0.2, -0.15) is 0 Å². The Bertz CT molecular complexity index is 733. The Hall–Kier alpha value is -2.27. The molecule has 0 saturated heterocycles. The highest BCUT2D eigenvalue weighted by Crippen LogP contribution is 2.35. The van der Waals surface area contributed by atoms with E-state index in [4.69, 9.17) is 16.3 Å². The van der Waals surface area contributed by atoms with E-state index in [0.717, 1.165) is 24.4 Å². The van der Waals surface area contributed by atoms with Crippen molar-refractivity contribution in [1.82, 2.24) is 0 Å². The van der Waals surface area contributed by atoms with E-state index in [1.54, 1.807) is 13.2 Å².